The Labute approximate surface area is 207 Å². The number of ether oxygens (including phenoxy) is 4. The van der Waals surface area contributed by atoms with Crippen molar-refractivity contribution < 1.29 is 33.3 Å². The average Bonchev–Trinajstić information content (AvgIpc) is 3.50. The quantitative estimate of drug-likeness (QED) is 0.416. The molecular weight excluding hydrogens is 450 g/mol. The molecule has 2 saturated heterocycles. The van der Waals surface area contributed by atoms with Crippen molar-refractivity contribution in [1.29, 1.82) is 0 Å². The molecule has 0 radical (unpaired) electrons. The molecule has 4 aliphatic carbocycles. The van der Waals surface area contributed by atoms with Crippen LogP contribution in [0.2, 0.25) is 0 Å². The molecule has 0 N–H and O–H groups in total. The van der Waals surface area contributed by atoms with Crippen LogP contribution in [0.25, 0.3) is 0 Å². The molecule has 6 rings (SSSR count). The van der Waals surface area contributed by atoms with Crippen molar-refractivity contribution in [3.05, 3.63) is 0 Å². The van der Waals surface area contributed by atoms with Gasteiger partial charge in [-0.15, -0.1) is 0 Å². The highest BCUT2D eigenvalue weighted by Crippen LogP contribution is 2.59. The summed E-state index contributed by atoms with van der Waals surface area (Å²) in [6.07, 6.45) is 10.9. The maximum absolute atomic E-state index is 13.8. The van der Waals surface area contributed by atoms with Crippen molar-refractivity contribution in [2.24, 2.45) is 29.6 Å². The largest absolute Gasteiger partial charge is 0.459 e. The molecule has 2 heterocycles. The number of morpholine rings is 1. The fourth-order valence-corrected chi connectivity index (χ4v) is 8.24. The van der Waals surface area contributed by atoms with Crippen LogP contribution in [0.5, 0.6) is 0 Å². The summed E-state index contributed by atoms with van der Waals surface area (Å²) < 4.78 is 23.5. The van der Waals surface area contributed by atoms with Gasteiger partial charge < -0.3 is 18.9 Å². The van der Waals surface area contributed by atoms with E-state index >= 15 is 0 Å². The van der Waals surface area contributed by atoms with Crippen LogP contribution in [0.3, 0.4) is 0 Å². The fraction of sp³-hybridized carbons (Fsp3) is 0.889. The standard InChI is InChI=1S/C27H39NO7/c29-20(16-28-11-13-32-14-12-28)33-23-19-15-18-21(25(30)34-24(18)23)22(19)26(31)35-27(9-5-2-6-10-27)17-7-3-1-4-8-17/h17-19,21-24H,1-16H2. The highest BCUT2D eigenvalue weighted by molar-refractivity contribution is 5.86. The topological polar surface area (TPSA) is 91.4 Å². The highest BCUT2D eigenvalue weighted by Gasteiger charge is 2.70. The Kier molecular flexibility index (Phi) is 6.54. The van der Waals surface area contributed by atoms with E-state index in [9.17, 15) is 14.4 Å². The van der Waals surface area contributed by atoms with Gasteiger partial charge in [0.15, 0.2) is 0 Å². The Balaban J connectivity index is 1.17. The predicted octanol–water partition coefficient (Wildman–Crippen LogP) is 2.86. The molecule has 6 fully saturated rings. The molecule has 0 aromatic rings. The van der Waals surface area contributed by atoms with Gasteiger partial charge in [-0.05, 0) is 50.9 Å². The summed E-state index contributed by atoms with van der Waals surface area (Å²) in [5, 5.41) is 0. The molecule has 0 aromatic heterocycles. The molecule has 35 heavy (non-hydrogen) atoms. The lowest BCUT2D eigenvalue weighted by molar-refractivity contribution is -0.186. The zero-order valence-corrected chi connectivity index (χ0v) is 20.7. The molecular formula is C27H39NO7. The van der Waals surface area contributed by atoms with E-state index < -0.39 is 24.0 Å². The van der Waals surface area contributed by atoms with Gasteiger partial charge in [0.2, 0.25) is 0 Å². The second kappa shape index (κ2) is 9.66. The molecule has 2 aliphatic heterocycles. The normalized spacial score (nSPS) is 38.8. The van der Waals surface area contributed by atoms with Gasteiger partial charge in [0.1, 0.15) is 17.8 Å². The van der Waals surface area contributed by atoms with Crippen LogP contribution < -0.4 is 0 Å². The molecule has 6 atom stereocenters. The SMILES string of the molecule is O=C(CN1CCOCC1)OC1C2CC3C1OC(=O)C3C2C(=O)OC1(C2CCCCC2)CCCCC1. The van der Waals surface area contributed by atoms with Gasteiger partial charge >= 0.3 is 17.9 Å². The van der Waals surface area contributed by atoms with Gasteiger partial charge in [-0.25, -0.2) is 0 Å². The zero-order chi connectivity index (χ0) is 24.0. The maximum atomic E-state index is 13.8. The van der Waals surface area contributed by atoms with Gasteiger partial charge in [-0.1, -0.05) is 25.7 Å². The number of fused-ring (bicyclic) bond motifs is 1. The molecule has 4 saturated carbocycles. The van der Waals surface area contributed by atoms with Gasteiger partial charge in [-0.3, -0.25) is 19.3 Å². The van der Waals surface area contributed by atoms with E-state index in [1.807, 2.05) is 4.90 Å². The van der Waals surface area contributed by atoms with Crippen molar-refractivity contribution in [1.82, 2.24) is 4.90 Å². The molecule has 2 bridgehead atoms. The van der Waals surface area contributed by atoms with Crippen molar-refractivity contribution in [2.45, 2.75) is 88.4 Å². The average molecular weight is 490 g/mol. The lowest BCUT2D eigenvalue weighted by Crippen LogP contribution is -2.50. The van der Waals surface area contributed by atoms with E-state index in [4.69, 9.17) is 18.9 Å². The first-order chi connectivity index (χ1) is 17.1. The van der Waals surface area contributed by atoms with E-state index in [0.29, 0.717) is 38.6 Å². The third-order valence-electron chi connectivity index (χ3n) is 9.89. The molecule has 8 nitrogen and oxygen atoms in total. The third-order valence-corrected chi connectivity index (χ3v) is 9.89. The van der Waals surface area contributed by atoms with Gasteiger partial charge in [0.05, 0.1) is 31.6 Å². The van der Waals surface area contributed by atoms with Crippen LogP contribution in [0.4, 0.5) is 0 Å². The van der Waals surface area contributed by atoms with E-state index in [1.54, 1.807) is 0 Å². The van der Waals surface area contributed by atoms with E-state index in [2.05, 4.69) is 0 Å². The minimum Gasteiger partial charge on any atom is -0.459 e. The lowest BCUT2D eigenvalue weighted by atomic mass is 9.69. The Morgan fingerprint density at radius 2 is 1.69 bits per heavy atom. The Hall–Kier alpha value is -1.67. The molecule has 6 unspecified atom stereocenters. The van der Waals surface area contributed by atoms with Crippen LogP contribution in [0, 0.1) is 29.6 Å². The number of hydrogen-bond acceptors (Lipinski definition) is 8. The second-order valence-electron chi connectivity index (χ2n) is 11.7. The molecule has 0 spiro atoms. The minimum atomic E-state index is -0.560. The molecule has 8 heteroatoms. The summed E-state index contributed by atoms with van der Waals surface area (Å²) in [7, 11) is 0. The number of nitrogens with zero attached hydrogens (tertiary/aromatic N) is 1. The highest BCUT2D eigenvalue weighted by atomic mass is 16.6. The van der Waals surface area contributed by atoms with Gasteiger partial charge in [-0.2, -0.15) is 0 Å². The van der Waals surface area contributed by atoms with E-state index in [-0.39, 0.29) is 41.9 Å². The Bertz CT molecular complexity index is 827. The molecule has 0 aromatic carbocycles. The lowest BCUT2D eigenvalue weighted by Gasteiger charge is -2.45. The van der Waals surface area contributed by atoms with E-state index in [0.717, 1.165) is 38.5 Å². The third kappa shape index (κ3) is 4.28. The minimum absolute atomic E-state index is 0.0526. The summed E-state index contributed by atoms with van der Waals surface area (Å²) in [4.78, 5) is 41.5. The number of esters is 3. The summed E-state index contributed by atoms with van der Waals surface area (Å²) >= 11 is 0. The molecule has 6 aliphatic rings. The number of carbonyl (C=O) groups excluding carboxylic acids is 3. The number of carbonyl (C=O) groups is 3. The van der Waals surface area contributed by atoms with Crippen molar-refractivity contribution >= 4 is 17.9 Å². The first-order valence-corrected chi connectivity index (χ1v) is 14.0. The smallest absolute Gasteiger partial charge is 0.320 e. The fourth-order valence-electron chi connectivity index (χ4n) is 8.24. The predicted molar refractivity (Wildman–Crippen MR) is 124 cm³/mol. The van der Waals surface area contributed by atoms with Crippen LogP contribution in [0.1, 0.15) is 70.6 Å². The molecule has 194 valence electrons. The summed E-state index contributed by atoms with van der Waals surface area (Å²) in [6, 6.07) is 0. The zero-order valence-electron chi connectivity index (χ0n) is 20.7. The van der Waals surface area contributed by atoms with Crippen LogP contribution in [0.15, 0.2) is 0 Å². The summed E-state index contributed by atoms with van der Waals surface area (Å²) in [6.45, 7) is 2.82. The van der Waals surface area contributed by atoms with Crippen molar-refractivity contribution in [3.8, 4) is 0 Å². The number of hydrogen-bond donors (Lipinski definition) is 0. The van der Waals surface area contributed by atoms with Crippen LogP contribution in [-0.2, 0) is 33.3 Å². The Morgan fingerprint density at radius 1 is 0.971 bits per heavy atom. The van der Waals surface area contributed by atoms with Crippen molar-refractivity contribution in [3.63, 3.8) is 0 Å². The van der Waals surface area contributed by atoms with Gasteiger partial charge in [0, 0.05) is 24.9 Å². The monoisotopic (exact) mass is 489 g/mol. The van der Waals surface area contributed by atoms with Crippen LogP contribution >= 0.6 is 0 Å². The second-order valence-corrected chi connectivity index (χ2v) is 11.7. The maximum Gasteiger partial charge on any atom is 0.320 e. The first kappa shape index (κ1) is 23.7. The number of rotatable bonds is 6. The van der Waals surface area contributed by atoms with Gasteiger partial charge in [0.25, 0.3) is 0 Å². The van der Waals surface area contributed by atoms with Crippen LogP contribution in [-0.4, -0.2) is 73.5 Å². The first-order valence-electron chi connectivity index (χ1n) is 14.0. The van der Waals surface area contributed by atoms with Crippen molar-refractivity contribution in [2.75, 3.05) is 32.8 Å². The summed E-state index contributed by atoms with van der Waals surface area (Å²) in [5.74, 6) is -1.72. The Morgan fingerprint density at radius 3 is 2.43 bits per heavy atom. The molecule has 0 amide bonds. The van der Waals surface area contributed by atoms with E-state index in [1.165, 1.54) is 25.7 Å². The summed E-state index contributed by atoms with van der Waals surface area (Å²) in [5.41, 5.74) is -0.387.